The first-order valence-corrected chi connectivity index (χ1v) is 8.72. The van der Waals surface area contributed by atoms with Crippen molar-refractivity contribution >= 4 is 23.5 Å². The van der Waals surface area contributed by atoms with E-state index in [2.05, 4.69) is 6.58 Å². The molecule has 0 radical (unpaired) electrons. The van der Waals surface area contributed by atoms with Crippen molar-refractivity contribution in [2.75, 3.05) is 12.5 Å². The van der Waals surface area contributed by atoms with Gasteiger partial charge in [-0.15, -0.1) is 11.6 Å². The number of allylic oxidation sites excluding steroid dienone is 1. The van der Waals surface area contributed by atoms with E-state index >= 15 is 0 Å². The van der Waals surface area contributed by atoms with Crippen LogP contribution in [0, 0.1) is 23.7 Å². The largest absolute Gasteiger partial charge is 0.466 e. The summed E-state index contributed by atoms with van der Waals surface area (Å²) in [7, 11) is 0. The summed E-state index contributed by atoms with van der Waals surface area (Å²) in [6, 6.07) is 0. The normalized spacial score (nSPS) is 42.7. The van der Waals surface area contributed by atoms with Crippen LogP contribution in [0.5, 0.6) is 0 Å². The van der Waals surface area contributed by atoms with Gasteiger partial charge in [0.15, 0.2) is 5.60 Å². The lowest BCUT2D eigenvalue weighted by Crippen LogP contribution is -2.45. The fourth-order valence-corrected chi connectivity index (χ4v) is 4.97. The highest BCUT2D eigenvalue weighted by Crippen LogP contribution is 2.53. The highest BCUT2D eigenvalue weighted by molar-refractivity contribution is 6.20. The maximum absolute atomic E-state index is 12.2. The van der Waals surface area contributed by atoms with Crippen molar-refractivity contribution < 1.29 is 24.2 Å². The molecule has 0 aromatic carbocycles. The fourth-order valence-electron chi connectivity index (χ4n) is 4.66. The quantitative estimate of drug-likeness (QED) is 0.483. The van der Waals surface area contributed by atoms with Gasteiger partial charge in [0.1, 0.15) is 6.10 Å². The van der Waals surface area contributed by atoms with Gasteiger partial charge in [0.2, 0.25) is 0 Å². The lowest BCUT2D eigenvalue weighted by atomic mass is 9.76. The number of alkyl halides is 1. The van der Waals surface area contributed by atoms with Crippen LogP contribution in [-0.4, -0.2) is 41.2 Å². The summed E-state index contributed by atoms with van der Waals surface area (Å²) >= 11 is 5.89. The molecule has 0 spiro atoms. The molecule has 0 amide bonds. The molecular formula is C17H23ClO5. The first-order valence-electron chi connectivity index (χ1n) is 8.19. The van der Waals surface area contributed by atoms with Gasteiger partial charge in [0.25, 0.3) is 0 Å². The second kappa shape index (κ2) is 6.10. The molecular weight excluding hydrogens is 320 g/mol. The van der Waals surface area contributed by atoms with Crippen molar-refractivity contribution in [1.29, 1.82) is 0 Å². The van der Waals surface area contributed by atoms with E-state index in [0.717, 1.165) is 24.8 Å². The molecule has 3 fully saturated rings. The first kappa shape index (κ1) is 16.8. The van der Waals surface area contributed by atoms with Crippen LogP contribution in [0.4, 0.5) is 0 Å². The molecule has 0 unspecified atom stereocenters. The Kier molecular flexibility index (Phi) is 4.45. The number of esters is 2. The van der Waals surface area contributed by atoms with Crippen molar-refractivity contribution in [3.63, 3.8) is 0 Å². The maximum atomic E-state index is 12.2. The Morgan fingerprint density at radius 1 is 1.48 bits per heavy atom. The zero-order valence-corrected chi connectivity index (χ0v) is 14.1. The molecule has 5 nitrogen and oxygen atoms in total. The molecule has 3 aliphatic rings. The summed E-state index contributed by atoms with van der Waals surface area (Å²) in [5.74, 6) is -1.00. The van der Waals surface area contributed by atoms with Gasteiger partial charge in [0.05, 0.1) is 12.5 Å². The minimum atomic E-state index is -1.62. The SMILES string of the molecule is C=C1CC[C@H]2[C@@H](OC(=O)[C@@]2(O)CCl)[C@@H]2[C@@H](COC(C)=O)CC[C@H]12. The number of halogens is 1. The highest BCUT2D eigenvalue weighted by atomic mass is 35.5. The Balaban J connectivity index is 1.89. The Morgan fingerprint density at radius 2 is 2.22 bits per heavy atom. The van der Waals surface area contributed by atoms with Crippen LogP contribution < -0.4 is 0 Å². The first-order chi connectivity index (χ1) is 10.9. The summed E-state index contributed by atoms with van der Waals surface area (Å²) in [5, 5.41) is 10.7. The molecule has 23 heavy (non-hydrogen) atoms. The van der Waals surface area contributed by atoms with Crippen LogP contribution in [0.3, 0.4) is 0 Å². The zero-order chi connectivity index (χ0) is 16.8. The van der Waals surface area contributed by atoms with Crippen molar-refractivity contribution in [3.05, 3.63) is 12.2 Å². The van der Waals surface area contributed by atoms with E-state index in [4.69, 9.17) is 21.1 Å². The molecule has 128 valence electrons. The Morgan fingerprint density at radius 3 is 2.87 bits per heavy atom. The van der Waals surface area contributed by atoms with Gasteiger partial charge in [-0.05, 0) is 31.6 Å². The van der Waals surface area contributed by atoms with Crippen LogP contribution in [0.25, 0.3) is 0 Å². The van der Waals surface area contributed by atoms with Crippen molar-refractivity contribution in [2.45, 2.75) is 44.3 Å². The monoisotopic (exact) mass is 342 g/mol. The zero-order valence-electron chi connectivity index (χ0n) is 13.3. The standard InChI is InChI=1S/C17H23ClO5/c1-9-3-6-13-15(23-16(20)17(13,21)8-18)14-11(4-5-12(9)14)7-22-10(2)19/h11-15,21H,1,3-8H2,2H3/t11-,12-,13+,14-,15-,17-/m1/s1. The van der Waals surface area contributed by atoms with Crippen molar-refractivity contribution in [1.82, 2.24) is 0 Å². The van der Waals surface area contributed by atoms with Gasteiger partial charge in [-0.2, -0.15) is 0 Å². The minimum absolute atomic E-state index is 0.0375. The van der Waals surface area contributed by atoms with Crippen LogP contribution in [0.2, 0.25) is 0 Å². The maximum Gasteiger partial charge on any atom is 0.340 e. The second-order valence-electron chi connectivity index (χ2n) is 7.06. The number of hydrogen-bond donors (Lipinski definition) is 1. The average molecular weight is 343 g/mol. The molecule has 0 aromatic heterocycles. The van der Waals surface area contributed by atoms with E-state index in [1.165, 1.54) is 6.92 Å². The second-order valence-corrected chi connectivity index (χ2v) is 7.32. The van der Waals surface area contributed by atoms with Gasteiger partial charge < -0.3 is 14.6 Å². The molecule has 1 heterocycles. The van der Waals surface area contributed by atoms with Crippen molar-refractivity contribution in [2.24, 2.45) is 23.7 Å². The summed E-state index contributed by atoms with van der Waals surface area (Å²) < 4.78 is 10.8. The topological polar surface area (TPSA) is 72.8 Å². The molecule has 2 saturated carbocycles. The molecule has 0 bridgehead atoms. The summed E-state index contributed by atoms with van der Waals surface area (Å²) in [6.45, 7) is 5.92. The molecule has 1 saturated heterocycles. The molecule has 0 aromatic rings. The molecule has 3 rings (SSSR count). The lowest BCUT2D eigenvalue weighted by molar-refractivity contribution is -0.156. The van der Waals surface area contributed by atoms with E-state index in [0.29, 0.717) is 13.0 Å². The molecule has 6 atom stereocenters. The lowest BCUT2D eigenvalue weighted by Gasteiger charge is -2.31. The van der Waals surface area contributed by atoms with Gasteiger partial charge >= 0.3 is 11.9 Å². The summed E-state index contributed by atoms with van der Waals surface area (Å²) in [4.78, 5) is 23.3. The van der Waals surface area contributed by atoms with Crippen LogP contribution in [-0.2, 0) is 19.1 Å². The highest BCUT2D eigenvalue weighted by Gasteiger charge is 2.61. The van der Waals surface area contributed by atoms with E-state index in [1.54, 1.807) is 0 Å². The molecule has 1 N–H and O–H groups in total. The molecule has 2 aliphatic carbocycles. The Labute approximate surface area is 141 Å². The minimum Gasteiger partial charge on any atom is -0.466 e. The Bertz CT molecular complexity index is 533. The number of carbonyl (C=O) groups excluding carboxylic acids is 2. The third-order valence-electron chi connectivity index (χ3n) is 5.85. The van der Waals surface area contributed by atoms with E-state index < -0.39 is 11.6 Å². The van der Waals surface area contributed by atoms with E-state index in [9.17, 15) is 14.7 Å². The predicted octanol–water partition coefficient (Wildman–Crippen LogP) is 2.05. The van der Waals surface area contributed by atoms with Crippen LogP contribution in [0.1, 0.15) is 32.6 Å². The predicted molar refractivity (Wildman–Crippen MR) is 83.8 cm³/mol. The number of ether oxygens (including phenoxy) is 2. The van der Waals surface area contributed by atoms with E-state index in [-0.39, 0.29) is 41.6 Å². The van der Waals surface area contributed by atoms with Gasteiger partial charge in [-0.3, -0.25) is 4.79 Å². The Hall–Kier alpha value is -1.07. The van der Waals surface area contributed by atoms with Gasteiger partial charge in [-0.1, -0.05) is 12.2 Å². The molecule has 1 aliphatic heterocycles. The van der Waals surface area contributed by atoms with Crippen LogP contribution in [0.15, 0.2) is 12.2 Å². The van der Waals surface area contributed by atoms with E-state index in [1.807, 2.05) is 0 Å². The third kappa shape index (κ3) is 2.68. The fraction of sp³-hybridized carbons (Fsp3) is 0.765. The number of fused-ring (bicyclic) bond motifs is 3. The summed E-state index contributed by atoms with van der Waals surface area (Å²) in [5.41, 5.74) is -0.474. The number of aliphatic hydroxyl groups is 1. The smallest absolute Gasteiger partial charge is 0.340 e. The number of hydrogen-bond acceptors (Lipinski definition) is 5. The number of carbonyl (C=O) groups is 2. The van der Waals surface area contributed by atoms with Gasteiger partial charge in [0, 0.05) is 24.7 Å². The molecule has 6 heteroatoms. The van der Waals surface area contributed by atoms with Gasteiger partial charge in [-0.25, -0.2) is 4.79 Å². The average Bonchev–Trinajstić information content (AvgIpc) is 2.99. The van der Waals surface area contributed by atoms with Crippen LogP contribution >= 0.6 is 11.6 Å². The third-order valence-corrected chi connectivity index (χ3v) is 6.26. The van der Waals surface area contributed by atoms with Crippen molar-refractivity contribution in [3.8, 4) is 0 Å². The number of rotatable bonds is 3. The summed E-state index contributed by atoms with van der Waals surface area (Å²) in [6.07, 6.45) is 2.89.